The van der Waals surface area contributed by atoms with Crippen molar-refractivity contribution < 1.29 is 4.79 Å². The molecule has 0 saturated heterocycles. The number of hydrogen-bond acceptors (Lipinski definition) is 2. The van der Waals surface area contributed by atoms with Crippen molar-refractivity contribution in [2.75, 3.05) is 0 Å². The van der Waals surface area contributed by atoms with Gasteiger partial charge in [-0.3, -0.25) is 4.79 Å². The SMILES string of the molecule is CCC(C)NC(=O)/C=C/c1ccc2cccc(C)c2n1. The minimum atomic E-state index is -0.0777. The Morgan fingerprint density at radius 1 is 1.35 bits per heavy atom. The van der Waals surface area contributed by atoms with Gasteiger partial charge in [0.1, 0.15) is 0 Å². The first-order chi connectivity index (χ1) is 9.60. The highest BCUT2D eigenvalue weighted by Gasteiger charge is 2.02. The van der Waals surface area contributed by atoms with Crippen LogP contribution in [0.5, 0.6) is 0 Å². The maximum atomic E-state index is 11.7. The molecule has 0 aliphatic heterocycles. The molecule has 1 aromatic carbocycles. The second-order valence-corrected chi connectivity index (χ2v) is 5.03. The molecule has 1 unspecified atom stereocenters. The van der Waals surface area contributed by atoms with Crippen LogP contribution in [0.2, 0.25) is 0 Å². The monoisotopic (exact) mass is 268 g/mol. The summed E-state index contributed by atoms with van der Waals surface area (Å²) in [5.41, 5.74) is 2.92. The highest BCUT2D eigenvalue weighted by Crippen LogP contribution is 2.16. The number of aromatic nitrogens is 1. The van der Waals surface area contributed by atoms with Crippen molar-refractivity contribution in [1.29, 1.82) is 0 Å². The van der Waals surface area contributed by atoms with E-state index >= 15 is 0 Å². The minimum absolute atomic E-state index is 0.0777. The molecule has 0 radical (unpaired) electrons. The molecule has 20 heavy (non-hydrogen) atoms. The van der Waals surface area contributed by atoms with Crippen molar-refractivity contribution >= 4 is 22.9 Å². The molecule has 0 saturated carbocycles. The van der Waals surface area contributed by atoms with E-state index in [0.717, 1.165) is 28.6 Å². The molecular weight excluding hydrogens is 248 g/mol. The van der Waals surface area contributed by atoms with Crippen LogP contribution in [0, 0.1) is 6.92 Å². The smallest absolute Gasteiger partial charge is 0.244 e. The highest BCUT2D eigenvalue weighted by atomic mass is 16.1. The topological polar surface area (TPSA) is 42.0 Å². The Bertz CT molecular complexity index is 646. The number of nitrogens with one attached hydrogen (secondary N) is 1. The summed E-state index contributed by atoms with van der Waals surface area (Å²) in [7, 11) is 0. The number of hydrogen-bond donors (Lipinski definition) is 1. The number of pyridine rings is 1. The van der Waals surface area contributed by atoms with Crippen LogP contribution in [0.3, 0.4) is 0 Å². The molecular formula is C17H20N2O. The zero-order valence-electron chi connectivity index (χ0n) is 12.2. The van der Waals surface area contributed by atoms with E-state index in [9.17, 15) is 4.79 Å². The van der Waals surface area contributed by atoms with Crippen molar-refractivity contribution in [2.45, 2.75) is 33.2 Å². The van der Waals surface area contributed by atoms with E-state index in [1.807, 2.05) is 51.1 Å². The lowest BCUT2D eigenvalue weighted by Crippen LogP contribution is -2.30. The normalized spacial score (nSPS) is 12.8. The number of fused-ring (bicyclic) bond motifs is 1. The van der Waals surface area contributed by atoms with E-state index in [-0.39, 0.29) is 11.9 Å². The third-order valence-corrected chi connectivity index (χ3v) is 3.35. The van der Waals surface area contributed by atoms with Crippen molar-refractivity contribution in [2.24, 2.45) is 0 Å². The second-order valence-electron chi connectivity index (χ2n) is 5.03. The van der Waals surface area contributed by atoms with Crippen LogP contribution in [-0.4, -0.2) is 16.9 Å². The van der Waals surface area contributed by atoms with Crippen LogP contribution < -0.4 is 5.32 Å². The fourth-order valence-corrected chi connectivity index (χ4v) is 1.96. The Labute approximate surface area is 119 Å². The predicted molar refractivity (Wildman–Crippen MR) is 83.4 cm³/mol. The lowest BCUT2D eigenvalue weighted by Gasteiger charge is -2.08. The largest absolute Gasteiger partial charge is 0.350 e. The summed E-state index contributed by atoms with van der Waals surface area (Å²) in [5.74, 6) is -0.0777. The number of nitrogens with zero attached hydrogens (tertiary/aromatic N) is 1. The molecule has 0 aliphatic rings. The van der Waals surface area contributed by atoms with E-state index in [0.29, 0.717) is 0 Å². The number of para-hydroxylation sites is 1. The summed E-state index contributed by atoms with van der Waals surface area (Å²) in [5, 5.41) is 4.01. The van der Waals surface area contributed by atoms with Crippen molar-refractivity contribution in [1.82, 2.24) is 10.3 Å². The molecule has 1 amide bonds. The quantitative estimate of drug-likeness (QED) is 0.863. The van der Waals surface area contributed by atoms with Gasteiger partial charge < -0.3 is 5.32 Å². The van der Waals surface area contributed by atoms with Crippen LogP contribution in [0.15, 0.2) is 36.4 Å². The molecule has 3 nitrogen and oxygen atoms in total. The summed E-state index contributed by atoms with van der Waals surface area (Å²) >= 11 is 0. The third kappa shape index (κ3) is 3.44. The van der Waals surface area contributed by atoms with Gasteiger partial charge >= 0.3 is 0 Å². The molecule has 2 rings (SSSR count). The van der Waals surface area contributed by atoms with Gasteiger partial charge in [-0.2, -0.15) is 0 Å². The van der Waals surface area contributed by atoms with Crippen molar-refractivity contribution in [3.8, 4) is 0 Å². The zero-order chi connectivity index (χ0) is 14.5. The number of carbonyl (C=O) groups excluding carboxylic acids is 1. The standard InChI is InChI=1S/C17H20N2O/c1-4-13(3)18-16(20)11-10-15-9-8-14-7-5-6-12(2)17(14)19-15/h5-11,13H,4H2,1-3H3,(H,18,20)/b11-10+. The summed E-state index contributed by atoms with van der Waals surface area (Å²) in [6.07, 6.45) is 4.22. The van der Waals surface area contributed by atoms with Gasteiger partial charge in [-0.1, -0.05) is 31.2 Å². The lowest BCUT2D eigenvalue weighted by atomic mass is 10.1. The molecule has 0 spiro atoms. The number of rotatable bonds is 4. The molecule has 1 aromatic heterocycles. The van der Waals surface area contributed by atoms with Crippen molar-refractivity contribution in [3.63, 3.8) is 0 Å². The maximum Gasteiger partial charge on any atom is 0.244 e. The summed E-state index contributed by atoms with van der Waals surface area (Å²) in [6.45, 7) is 6.07. The molecule has 2 aromatic rings. The van der Waals surface area contributed by atoms with E-state index in [4.69, 9.17) is 0 Å². The second kappa shape index (κ2) is 6.33. The van der Waals surface area contributed by atoms with Crippen LogP contribution in [0.1, 0.15) is 31.5 Å². The maximum absolute atomic E-state index is 11.7. The van der Waals surface area contributed by atoms with Gasteiger partial charge in [0.2, 0.25) is 5.91 Å². The first-order valence-corrected chi connectivity index (χ1v) is 6.95. The summed E-state index contributed by atoms with van der Waals surface area (Å²) in [4.78, 5) is 16.3. The van der Waals surface area contributed by atoms with E-state index < -0.39 is 0 Å². The van der Waals surface area contributed by atoms with Gasteiger partial charge in [0, 0.05) is 17.5 Å². The molecule has 0 fully saturated rings. The fourth-order valence-electron chi connectivity index (χ4n) is 1.96. The Kier molecular flexibility index (Phi) is 4.51. The predicted octanol–water partition coefficient (Wildman–Crippen LogP) is 3.47. The Morgan fingerprint density at radius 2 is 2.15 bits per heavy atom. The third-order valence-electron chi connectivity index (χ3n) is 3.35. The zero-order valence-corrected chi connectivity index (χ0v) is 12.2. The number of amides is 1. The molecule has 1 atom stereocenters. The Balaban J connectivity index is 2.17. The van der Waals surface area contributed by atoms with E-state index in [2.05, 4.69) is 10.3 Å². The fraction of sp³-hybridized carbons (Fsp3) is 0.294. The average Bonchev–Trinajstić information content (AvgIpc) is 2.45. The van der Waals surface area contributed by atoms with Crippen LogP contribution in [0.25, 0.3) is 17.0 Å². The molecule has 1 heterocycles. The first kappa shape index (κ1) is 14.3. The number of benzene rings is 1. The minimum Gasteiger partial charge on any atom is -0.350 e. The highest BCUT2D eigenvalue weighted by molar-refractivity contribution is 5.92. The van der Waals surface area contributed by atoms with Gasteiger partial charge in [-0.15, -0.1) is 0 Å². The van der Waals surface area contributed by atoms with Crippen molar-refractivity contribution in [3.05, 3.63) is 47.7 Å². The van der Waals surface area contributed by atoms with Crippen LogP contribution in [-0.2, 0) is 4.79 Å². The lowest BCUT2D eigenvalue weighted by molar-refractivity contribution is -0.117. The van der Waals surface area contributed by atoms with Gasteiger partial charge in [0.25, 0.3) is 0 Å². The van der Waals surface area contributed by atoms with E-state index in [1.54, 1.807) is 12.2 Å². The van der Waals surface area contributed by atoms with Gasteiger partial charge in [-0.05, 0) is 38.0 Å². The molecule has 1 N–H and O–H groups in total. The number of carbonyl (C=O) groups is 1. The molecule has 104 valence electrons. The van der Waals surface area contributed by atoms with Gasteiger partial charge in [0.15, 0.2) is 0 Å². The molecule has 0 bridgehead atoms. The summed E-state index contributed by atoms with van der Waals surface area (Å²) < 4.78 is 0. The van der Waals surface area contributed by atoms with E-state index in [1.165, 1.54) is 0 Å². The van der Waals surface area contributed by atoms with Gasteiger partial charge in [0.05, 0.1) is 11.2 Å². The average molecular weight is 268 g/mol. The summed E-state index contributed by atoms with van der Waals surface area (Å²) in [6, 6.07) is 10.3. The molecule has 3 heteroatoms. The Hall–Kier alpha value is -2.16. The number of aryl methyl sites for hydroxylation is 1. The van der Waals surface area contributed by atoms with Crippen LogP contribution >= 0.6 is 0 Å². The van der Waals surface area contributed by atoms with Gasteiger partial charge in [-0.25, -0.2) is 4.98 Å². The first-order valence-electron chi connectivity index (χ1n) is 6.95. The molecule has 0 aliphatic carbocycles. The Morgan fingerprint density at radius 3 is 2.90 bits per heavy atom. The van der Waals surface area contributed by atoms with Crippen LogP contribution in [0.4, 0.5) is 0 Å².